The molecule has 5 nitrogen and oxygen atoms in total. The van der Waals surface area contributed by atoms with Crippen LogP contribution < -0.4 is 14.8 Å². The van der Waals surface area contributed by atoms with Crippen molar-refractivity contribution >= 4 is 33.3 Å². The molecule has 0 bridgehead atoms. The highest BCUT2D eigenvalue weighted by atomic mass is 32.2. The number of benzene rings is 2. The summed E-state index contributed by atoms with van der Waals surface area (Å²) >= 11 is 1.84. The third-order valence-corrected chi connectivity index (χ3v) is 7.62. The SMILES string of the molecule is CC(C)(C)SN[C@H]1CC[C@H](CNc2ccc(NS(=O)(=O)c3ccccc3)cc2)CC1. The van der Waals surface area contributed by atoms with Gasteiger partial charge in [0.2, 0.25) is 0 Å². The Labute approximate surface area is 185 Å². The molecule has 30 heavy (non-hydrogen) atoms. The Bertz CT molecular complexity index is 886. The highest BCUT2D eigenvalue weighted by Crippen LogP contribution is 2.28. The lowest BCUT2D eigenvalue weighted by Crippen LogP contribution is -2.33. The van der Waals surface area contributed by atoms with Gasteiger partial charge in [-0.15, -0.1) is 0 Å². The van der Waals surface area contributed by atoms with Crippen molar-refractivity contribution < 1.29 is 8.42 Å². The van der Waals surface area contributed by atoms with Gasteiger partial charge in [-0.05, 0) is 88.8 Å². The van der Waals surface area contributed by atoms with Gasteiger partial charge in [-0.3, -0.25) is 9.44 Å². The molecule has 7 heteroatoms. The van der Waals surface area contributed by atoms with Crippen LogP contribution in [0, 0.1) is 5.92 Å². The van der Waals surface area contributed by atoms with E-state index in [1.807, 2.05) is 24.1 Å². The molecule has 1 aliphatic rings. The molecule has 0 spiro atoms. The van der Waals surface area contributed by atoms with Crippen molar-refractivity contribution in [1.29, 1.82) is 0 Å². The number of sulfonamides is 1. The lowest BCUT2D eigenvalue weighted by atomic mass is 9.86. The molecule has 2 aromatic carbocycles. The number of nitrogens with one attached hydrogen (secondary N) is 3. The second-order valence-corrected chi connectivity index (χ2v) is 12.3. The maximum atomic E-state index is 12.4. The van der Waals surface area contributed by atoms with Crippen LogP contribution in [0.1, 0.15) is 46.5 Å². The molecule has 3 N–H and O–H groups in total. The third-order valence-electron chi connectivity index (χ3n) is 5.16. The van der Waals surface area contributed by atoms with E-state index < -0.39 is 10.0 Å². The van der Waals surface area contributed by atoms with Gasteiger partial charge in [-0.25, -0.2) is 8.42 Å². The Balaban J connectivity index is 1.43. The maximum absolute atomic E-state index is 12.4. The van der Waals surface area contributed by atoms with Crippen LogP contribution in [0.4, 0.5) is 11.4 Å². The first kappa shape index (κ1) is 23.0. The van der Waals surface area contributed by atoms with Crippen LogP contribution in [0.2, 0.25) is 0 Å². The molecule has 2 aromatic rings. The molecule has 0 amide bonds. The van der Waals surface area contributed by atoms with Crippen molar-refractivity contribution in [3.05, 3.63) is 54.6 Å². The van der Waals surface area contributed by atoms with Crippen LogP contribution in [-0.2, 0) is 10.0 Å². The summed E-state index contributed by atoms with van der Waals surface area (Å²) in [5.74, 6) is 0.680. The van der Waals surface area contributed by atoms with Gasteiger partial charge in [-0.1, -0.05) is 30.1 Å². The van der Waals surface area contributed by atoms with Gasteiger partial charge in [0.15, 0.2) is 0 Å². The minimum atomic E-state index is -3.55. The summed E-state index contributed by atoms with van der Waals surface area (Å²) in [4.78, 5) is 0.262. The quantitative estimate of drug-likeness (QED) is 0.467. The molecule has 1 saturated carbocycles. The monoisotopic (exact) mass is 447 g/mol. The normalized spacial score (nSPS) is 20.0. The van der Waals surface area contributed by atoms with Crippen molar-refractivity contribution in [2.45, 2.75) is 62.1 Å². The summed E-state index contributed by atoms with van der Waals surface area (Å²) < 4.78 is 31.3. The van der Waals surface area contributed by atoms with E-state index in [-0.39, 0.29) is 9.64 Å². The smallest absolute Gasteiger partial charge is 0.261 e. The van der Waals surface area contributed by atoms with Gasteiger partial charge in [0.25, 0.3) is 10.0 Å². The van der Waals surface area contributed by atoms with Crippen molar-refractivity contribution in [1.82, 2.24) is 4.72 Å². The van der Waals surface area contributed by atoms with Gasteiger partial charge in [-0.2, -0.15) is 0 Å². The first-order valence-electron chi connectivity index (χ1n) is 10.6. The van der Waals surface area contributed by atoms with Crippen LogP contribution in [-0.4, -0.2) is 25.8 Å². The zero-order chi connectivity index (χ0) is 21.6. The Morgan fingerprint density at radius 1 is 0.900 bits per heavy atom. The highest BCUT2D eigenvalue weighted by Gasteiger charge is 2.22. The van der Waals surface area contributed by atoms with Crippen molar-refractivity contribution in [2.75, 3.05) is 16.6 Å². The summed E-state index contributed by atoms with van der Waals surface area (Å²) in [5.41, 5.74) is 1.58. The third kappa shape index (κ3) is 7.22. The molecule has 0 aromatic heterocycles. The predicted octanol–water partition coefficient (Wildman–Crippen LogP) is 5.49. The second kappa shape index (κ2) is 10.1. The van der Waals surface area contributed by atoms with Gasteiger partial charge in [0.1, 0.15) is 0 Å². The lowest BCUT2D eigenvalue weighted by Gasteiger charge is -2.31. The molecule has 0 atom stereocenters. The number of anilines is 2. The average Bonchev–Trinajstić information content (AvgIpc) is 2.72. The van der Waals surface area contributed by atoms with Crippen molar-refractivity contribution in [2.24, 2.45) is 5.92 Å². The lowest BCUT2D eigenvalue weighted by molar-refractivity contribution is 0.328. The minimum absolute atomic E-state index is 0.250. The molecule has 1 fully saturated rings. The first-order valence-corrected chi connectivity index (χ1v) is 12.9. The van der Waals surface area contributed by atoms with E-state index in [2.05, 4.69) is 35.5 Å². The Kier molecular flexibility index (Phi) is 7.71. The van der Waals surface area contributed by atoms with E-state index in [1.165, 1.54) is 25.7 Å². The van der Waals surface area contributed by atoms with Gasteiger partial charge >= 0.3 is 0 Å². The molecule has 1 aliphatic carbocycles. The molecule has 164 valence electrons. The molecule has 3 rings (SSSR count). The molecular formula is C23H33N3O2S2. The average molecular weight is 448 g/mol. The summed E-state index contributed by atoms with van der Waals surface area (Å²) in [7, 11) is -3.55. The van der Waals surface area contributed by atoms with E-state index >= 15 is 0 Å². The molecule has 0 heterocycles. The van der Waals surface area contributed by atoms with E-state index in [9.17, 15) is 8.42 Å². The van der Waals surface area contributed by atoms with E-state index in [1.54, 1.807) is 42.5 Å². The molecule has 0 aliphatic heterocycles. The molecule has 0 saturated heterocycles. The van der Waals surface area contributed by atoms with Crippen LogP contribution in [0.15, 0.2) is 59.5 Å². The van der Waals surface area contributed by atoms with Gasteiger partial charge in [0.05, 0.1) is 4.90 Å². The zero-order valence-corrected chi connectivity index (χ0v) is 19.7. The second-order valence-electron chi connectivity index (χ2n) is 8.93. The van der Waals surface area contributed by atoms with Crippen LogP contribution in [0.3, 0.4) is 0 Å². The Hall–Kier alpha value is -1.70. The van der Waals surface area contributed by atoms with Crippen LogP contribution >= 0.6 is 11.9 Å². The van der Waals surface area contributed by atoms with Crippen molar-refractivity contribution in [3.63, 3.8) is 0 Å². The largest absolute Gasteiger partial charge is 0.385 e. The molecule has 0 unspecified atom stereocenters. The highest BCUT2D eigenvalue weighted by molar-refractivity contribution is 7.98. The van der Waals surface area contributed by atoms with E-state index in [0.29, 0.717) is 17.6 Å². The summed E-state index contributed by atoms with van der Waals surface area (Å²) in [6.45, 7) is 7.66. The first-order chi connectivity index (χ1) is 14.2. The number of rotatable bonds is 8. The minimum Gasteiger partial charge on any atom is -0.385 e. The van der Waals surface area contributed by atoms with Gasteiger partial charge < -0.3 is 5.32 Å². The fourth-order valence-corrected chi connectivity index (χ4v) is 5.31. The Morgan fingerprint density at radius 2 is 1.50 bits per heavy atom. The summed E-state index contributed by atoms with van der Waals surface area (Å²) in [5, 5.41) is 3.50. The van der Waals surface area contributed by atoms with Crippen molar-refractivity contribution in [3.8, 4) is 0 Å². The predicted molar refractivity (Wildman–Crippen MR) is 128 cm³/mol. The summed E-state index contributed by atoms with van der Waals surface area (Å²) in [6.07, 6.45) is 4.89. The summed E-state index contributed by atoms with van der Waals surface area (Å²) in [6, 6.07) is 16.5. The maximum Gasteiger partial charge on any atom is 0.261 e. The molecular weight excluding hydrogens is 414 g/mol. The van der Waals surface area contributed by atoms with E-state index in [4.69, 9.17) is 0 Å². The molecule has 0 radical (unpaired) electrons. The zero-order valence-electron chi connectivity index (χ0n) is 18.0. The number of hydrogen-bond donors (Lipinski definition) is 3. The Morgan fingerprint density at radius 3 is 2.10 bits per heavy atom. The standard InChI is InChI=1S/C23H33N3O2S2/c1-23(2,3)29-25-20-11-9-18(10-12-20)17-24-19-13-15-21(16-14-19)26-30(27,28)22-7-5-4-6-8-22/h4-8,13-16,18,20,24-26H,9-12,17H2,1-3H3/t18-,20-. The fraction of sp³-hybridized carbons (Fsp3) is 0.478. The fourth-order valence-electron chi connectivity index (χ4n) is 3.48. The topological polar surface area (TPSA) is 70.2 Å². The van der Waals surface area contributed by atoms with Crippen LogP contribution in [0.5, 0.6) is 0 Å². The van der Waals surface area contributed by atoms with Crippen LogP contribution in [0.25, 0.3) is 0 Å². The van der Waals surface area contributed by atoms with Gasteiger partial charge in [0, 0.05) is 28.7 Å². The number of hydrogen-bond acceptors (Lipinski definition) is 5. The van der Waals surface area contributed by atoms with E-state index in [0.717, 1.165) is 12.2 Å².